The van der Waals surface area contributed by atoms with Crippen LogP contribution in [0, 0.1) is 0 Å². The van der Waals surface area contributed by atoms with E-state index in [1.54, 1.807) is 7.11 Å². The van der Waals surface area contributed by atoms with Crippen LogP contribution in [-0.2, 0) is 0 Å². The first-order valence-electron chi connectivity index (χ1n) is 6.21. The fraction of sp³-hybridized carbons (Fsp3) is 0.250. The van der Waals surface area contributed by atoms with Crippen LogP contribution in [0.3, 0.4) is 0 Å². The topological polar surface area (TPSA) is 9.23 Å². The van der Waals surface area contributed by atoms with E-state index in [9.17, 15) is 0 Å². The molecule has 2 aromatic rings. The molecule has 100 valence electrons. The molecule has 0 aliphatic heterocycles. The van der Waals surface area contributed by atoms with Crippen LogP contribution in [0.15, 0.2) is 59.5 Å². The van der Waals surface area contributed by atoms with Crippen LogP contribution in [0.25, 0.3) is 0 Å². The molecule has 0 heterocycles. The summed E-state index contributed by atoms with van der Waals surface area (Å²) >= 11 is 5.48. The monoisotopic (exact) mass is 336 g/mol. The Hall–Kier alpha value is -0.930. The van der Waals surface area contributed by atoms with Gasteiger partial charge < -0.3 is 4.74 Å². The van der Waals surface area contributed by atoms with Crippen molar-refractivity contribution >= 4 is 27.7 Å². The molecule has 19 heavy (non-hydrogen) atoms. The summed E-state index contributed by atoms with van der Waals surface area (Å²) in [4.78, 5) is 1.25. The minimum Gasteiger partial charge on any atom is -0.497 e. The molecule has 1 unspecified atom stereocenters. The maximum absolute atomic E-state index is 5.25. The second-order valence-electron chi connectivity index (χ2n) is 4.25. The van der Waals surface area contributed by atoms with Crippen molar-refractivity contribution < 1.29 is 4.74 Å². The third-order valence-electron chi connectivity index (χ3n) is 2.95. The maximum atomic E-state index is 5.25. The number of thioether (sulfide) groups is 1. The smallest absolute Gasteiger partial charge is 0.119 e. The van der Waals surface area contributed by atoms with Crippen molar-refractivity contribution in [1.29, 1.82) is 0 Å². The minimum atomic E-state index is 0.525. The van der Waals surface area contributed by atoms with Gasteiger partial charge in [0, 0.05) is 21.9 Å². The number of rotatable bonds is 6. The van der Waals surface area contributed by atoms with E-state index >= 15 is 0 Å². The molecule has 2 aromatic carbocycles. The highest BCUT2D eigenvalue weighted by Crippen LogP contribution is 2.29. The van der Waals surface area contributed by atoms with Gasteiger partial charge >= 0.3 is 0 Å². The fourth-order valence-electron chi connectivity index (χ4n) is 1.84. The number of halogens is 1. The van der Waals surface area contributed by atoms with Gasteiger partial charge in [-0.2, -0.15) is 0 Å². The van der Waals surface area contributed by atoms with Gasteiger partial charge in [-0.15, -0.1) is 11.8 Å². The Morgan fingerprint density at radius 3 is 2.58 bits per heavy atom. The van der Waals surface area contributed by atoms with Crippen LogP contribution in [0.4, 0.5) is 0 Å². The number of hydrogen-bond donors (Lipinski definition) is 0. The quantitative estimate of drug-likeness (QED) is 0.544. The van der Waals surface area contributed by atoms with Crippen molar-refractivity contribution in [3.8, 4) is 5.75 Å². The Bertz CT molecular complexity index is 501. The van der Waals surface area contributed by atoms with E-state index in [1.165, 1.54) is 10.5 Å². The molecule has 2 rings (SSSR count). The minimum absolute atomic E-state index is 0.525. The molecular formula is C16H17BrOS. The van der Waals surface area contributed by atoms with Gasteiger partial charge in [-0.3, -0.25) is 0 Å². The molecular weight excluding hydrogens is 320 g/mol. The highest BCUT2D eigenvalue weighted by molar-refractivity contribution is 9.09. The second-order valence-corrected chi connectivity index (χ2v) is 5.99. The van der Waals surface area contributed by atoms with Crippen LogP contribution in [0.2, 0.25) is 0 Å². The summed E-state index contributed by atoms with van der Waals surface area (Å²) in [6, 6.07) is 18.9. The standard InChI is InChI=1S/C16H17BrOS/c1-18-15-8-5-9-16(10-15)19-12-14(11-17)13-6-3-2-4-7-13/h2-10,14H,11-12H2,1H3. The van der Waals surface area contributed by atoms with Gasteiger partial charge in [-0.25, -0.2) is 0 Å². The van der Waals surface area contributed by atoms with E-state index in [0.717, 1.165) is 16.8 Å². The van der Waals surface area contributed by atoms with Crippen molar-refractivity contribution in [3.05, 3.63) is 60.2 Å². The summed E-state index contributed by atoms with van der Waals surface area (Å²) in [6.07, 6.45) is 0. The molecule has 0 amide bonds. The van der Waals surface area contributed by atoms with E-state index in [0.29, 0.717) is 5.92 Å². The number of benzene rings is 2. The van der Waals surface area contributed by atoms with Crippen molar-refractivity contribution in [1.82, 2.24) is 0 Å². The second kappa shape index (κ2) is 7.61. The molecule has 1 nitrogen and oxygen atoms in total. The predicted octanol–water partition coefficient (Wildman–Crippen LogP) is 4.97. The largest absolute Gasteiger partial charge is 0.497 e. The maximum Gasteiger partial charge on any atom is 0.119 e. The first-order valence-corrected chi connectivity index (χ1v) is 8.32. The van der Waals surface area contributed by atoms with Gasteiger partial charge in [-0.05, 0) is 23.8 Å². The van der Waals surface area contributed by atoms with Gasteiger partial charge in [0.1, 0.15) is 5.75 Å². The number of methoxy groups -OCH3 is 1. The van der Waals surface area contributed by atoms with Crippen LogP contribution in [0.5, 0.6) is 5.75 Å². The molecule has 0 fully saturated rings. The zero-order valence-electron chi connectivity index (χ0n) is 10.9. The van der Waals surface area contributed by atoms with Crippen molar-refractivity contribution in [2.24, 2.45) is 0 Å². The highest BCUT2D eigenvalue weighted by atomic mass is 79.9. The Morgan fingerprint density at radius 2 is 1.89 bits per heavy atom. The summed E-state index contributed by atoms with van der Waals surface area (Å²) in [5.74, 6) is 2.50. The zero-order valence-corrected chi connectivity index (χ0v) is 13.3. The van der Waals surface area contributed by atoms with E-state index in [2.05, 4.69) is 58.4 Å². The van der Waals surface area contributed by atoms with Gasteiger partial charge in [0.2, 0.25) is 0 Å². The number of ether oxygens (including phenoxy) is 1. The normalized spacial score (nSPS) is 12.1. The number of alkyl halides is 1. The molecule has 1 atom stereocenters. The average molecular weight is 337 g/mol. The van der Waals surface area contributed by atoms with Crippen LogP contribution >= 0.6 is 27.7 Å². The van der Waals surface area contributed by atoms with Gasteiger partial charge in [-0.1, -0.05) is 52.3 Å². The van der Waals surface area contributed by atoms with Crippen molar-refractivity contribution in [2.45, 2.75) is 10.8 Å². The Morgan fingerprint density at radius 1 is 1.11 bits per heavy atom. The average Bonchev–Trinajstić information content (AvgIpc) is 2.49. The lowest BCUT2D eigenvalue weighted by Gasteiger charge is -2.14. The first-order chi connectivity index (χ1) is 9.33. The molecule has 0 bridgehead atoms. The lowest BCUT2D eigenvalue weighted by molar-refractivity contribution is 0.413. The molecule has 0 saturated heterocycles. The Kier molecular flexibility index (Phi) is 5.80. The van der Waals surface area contributed by atoms with Gasteiger partial charge in [0.25, 0.3) is 0 Å². The Labute approximate surface area is 127 Å². The lowest BCUT2D eigenvalue weighted by atomic mass is 10.0. The first kappa shape index (κ1) is 14.5. The summed E-state index contributed by atoms with van der Waals surface area (Å²) in [6.45, 7) is 0. The molecule has 0 radical (unpaired) electrons. The lowest BCUT2D eigenvalue weighted by Crippen LogP contribution is -2.03. The van der Waals surface area contributed by atoms with E-state index in [1.807, 2.05) is 23.9 Å². The van der Waals surface area contributed by atoms with Gasteiger partial charge in [0.05, 0.1) is 7.11 Å². The summed E-state index contributed by atoms with van der Waals surface area (Å²) in [5.41, 5.74) is 1.38. The van der Waals surface area contributed by atoms with Crippen LogP contribution in [-0.4, -0.2) is 18.2 Å². The predicted molar refractivity (Wildman–Crippen MR) is 86.7 cm³/mol. The van der Waals surface area contributed by atoms with E-state index < -0.39 is 0 Å². The Balaban J connectivity index is 2.00. The summed E-state index contributed by atoms with van der Waals surface area (Å²) < 4.78 is 5.25. The van der Waals surface area contributed by atoms with Crippen LogP contribution < -0.4 is 4.74 Å². The van der Waals surface area contributed by atoms with E-state index in [4.69, 9.17) is 4.74 Å². The number of hydrogen-bond acceptors (Lipinski definition) is 2. The van der Waals surface area contributed by atoms with Crippen LogP contribution in [0.1, 0.15) is 11.5 Å². The highest BCUT2D eigenvalue weighted by Gasteiger charge is 2.10. The molecule has 0 saturated carbocycles. The fourth-order valence-corrected chi connectivity index (χ4v) is 3.83. The van der Waals surface area contributed by atoms with Gasteiger partial charge in [0.15, 0.2) is 0 Å². The van der Waals surface area contributed by atoms with E-state index in [-0.39, 0.29) is 0 Å². The summed E-state index contributed by atoms with van der Waals surface area (Å²) in [7, 11) is 1.70. The molecule has 0 aromatic heterocycles. The molecule has 3 heteroatoms. The van der Waals surface area contributed by atoms with Crippen molar-refractivity contribution in [2.75, 3.05) is 18.2 Å². The molecule has 0 aliphatic rings. The molecule has 0 spiro atoms. The third-order valence-corrected chi connectivity index (χ3v) is 4.89. The SMILES string of the molecule is COc1cccc(SCC(CBr)c2ccccc2)c1. The van der Waals surface area contributed by atoms with Crippen molar-refractivity contribution in [3.63, 3.8) is 0 Å². The molecule has 0 N–H and O–H groups in total. The summed E-state index contributed by atoms with van der Waals surface area (Å²) in [5, 5.41) is 0.980. The third kappa shape index (κ3) is 4.29. The zero-order chi connectivity index (χ0) is 13.5. The molecule has 0 aliphatic carbocycles.